The van der Waals surface area contributed by atoms with Gasteiger partial charge < -0.3 is 4.74 Å². The van der Waals surface area contributed by atoms with Crippen LogP contribution in [0.1, 0.15) is 104 Å². The molecule has 0 aliphatic heterocycles. The first-order valence-corrected chi connectivity index (χ1v) is 9.12. The zero-order valence-electron chi connectivity index (χ0n) is 14.4. The van der Waals surface area contributed by atoms with Gasteiger partial charge in [0.05, 0.1) is 6.26 Å². The summed E-state index contributed by atoms with van der Waals surface area (Å²) in [7, 11) is 0. The molecule has 0 saturated carbocycles. The molecule has 21 heavy (non-hydrogen) atoms. The maximum absolute atomic E-state index is 11.2. The Bertz CT molecular complexity index is 246. The van der Waals surface area contributed by atoms with E-state index in [2.05, 4.69) is 6.92 Å². The van der Waals surface area contributed by atoms with Gasteiger partial charge in [-0.25, -0.2) is 0 Å². The van der Waals surface area contributed by atoms with Crippen LogP contribution in [0.3, 0.4) is 0 Å². The van der Waals surface area contributed by atoms with E-state index in [9.17, 15) is 4.79 Å². The maximum Gasteiger partial charge on any atom is 0.310 e. The fourth-order valence-corrected chi connectivity index (χ4v) is 2.49. The predicted octanol–water partition coefficient (Wildman–Crippen LogP) is 6.54. The van der Waals surface area contributed by atoms with E-state index in [1.165, 1.54) is 76.9 Å². The van der Waals surface area contributed by atoms with E-state index in [1.54, 1.807) is 6.08 Å². The Hall–Kier alpha value is -0.790. The summed E-state index contributed by atoms with van der Waals surface area (Å²) < 4.78 is 4.88. The molecular formula is C19H36O2. The van der Waals surface area contributed by atoms with Gasteiger partial charge in [-0.1, -0.05) is 90.0 Å². The van der Waals surface area contributed by atoms with Crippen molar-refractivity contribution < 1.29 is 9.53 Å². The van der Waals surface area contributed by atoms with Crippen LogP contribution in [0.25, 0.3) is 0 Å². The zero-order chi connectivity index (χ0) is 15.6. The smallest absolute Gasteiger partial charge is 0.310 e. The highest BCUT2D eigenvalue weighted by Gasteiger charge is 2.00. The van der Waals surface area contributed by atoms with Gasteiger partial charge in [0.2, 0.25) is 0 Å². The summed E-state index contributed by atoms with van der Waals surface area (Å²) in [6, 6.07) is 0. The first-order chi connectivity index (χ1) is 10.3. The van der Waals surface area contributed by atoms with Crippen LogP contribution in [0, 0.1) is 0 Å². The first kappa shape index (κ1) is 20.2. The topological polar surface area (TPSA) is 26.3 Å². The number of rotatable bonds is 15. The molecule has 0 aliphatic carbocycles. The molecule has 124 valence electrons. The molecule has 0 heterocycles. The molecule has 0 fully saturated rings. The van der Waals surface area contributed by atoms with Gasteiger partial charge in [-0.05, 0) is 13.3 Å². The molecule has 0 saturated heterocycles. The van der Waals surface area contributed by atoms with E-state index in [0.717, 1.165) is 12.8 Å². The molecule has 0 unspecified atom stereocenters. The minimum atomic E-state index is -0.101. The third kappa shape index (κ3) is 17.2. The van der Waals surface area contributed by atoms with E-state index in [1.807, 2.05) is 6.92 Å². The van der Waals surface area contributed by atoms with Crippen LogP contribution in [0.15, 0.2) is 12.3 Å². The van der Waals surface area contributed by atoms with Crippen molar-refractivity contribution in [2.45, 2.75) is 104 Å². The largest absolute Gasteiger partial charge is 0.435 e. The monoisotopic (exact) mass is 296 g/mol. The fraction of sp³-hybridized carbons (Fsp3) is 0.842. The molecule has 0 amide bonds. The normalized spacial score (nSPS) is 11.1. The van der Waals surface area contributed by atoms with Gasteiger partial charge in [-0.3, -0.25) is 4.79 Å². The van der Waals surface area contributed by atoms with E-state index in [-0.39, 0.29) is 5.97 Å². The standard InChI is InChI=1S/C19H36O2/c1-3-5-6-7-8-9-10-11-12-13-14-15-16-17-19(20)21-18-4-2/h4,18H,3,5-17H2,1-2H3/b18-4+. The Morgan fingerprint density at radius 3 is 1.62 bits per heavy atom. The van der Waals surface area contributed by atoms with Crippen LogP contribution in [-0.4, -0.2) is 5.97 Å². The van der Waals surface area contributed by atoms with Crippen molar-refractivity contribution in [3.05, 3.63) is 12.3 Å². The number of unbranched alkanes of at least 4 members (excludes halogenated alkanes) is 12. The lowest BCUT2D eigenvalue weighted by molar-refractivity contribution is -0.138. The summed E-state index contributed by atoms with van der Waals surface area (Å²) in [5.74, 6) is -0.101. The average Bonchev–Trinajstić information content (AvgIpc) is 2.49. The number of carbonyl (C=O) groups is 1. The van der Waals surface area contributed by atoms with Gasteiger partial charge in [-0.2, -0.15) is 0 Å². The number of esters is 1. The van der Waals surface area contributed by atoms with Crippen LogP contribution >= 0.6 is 0 Å². The van der Waals surface area contributed by atoms with Crippen LogP contribution in [-0.2, 0) is 9.53 Å². The van der Waals surface area contributed by atoms with Gasteiger partial charge in [0.25, 0.3) is 0 Å². The lowest BCUT2D eigenvalue weighted by Crippen LogP contribution is -1.98. The Morgan fingerprint density at radius 2 is 1.19 bits per heavy atom. The van der Waals surface area contributed by atoms with Gasteiger partial charge in [0, 0.05) is 6.42 Å². The second-order valence-electron chi connectivity index (χ2n) is 5.95. The highest BCUT2D eigenvalue weighted by atomic mass is 16.5. The van der Waals surface area contributed by atoms with Crippen LogP contribution in [0.5, 0.6) is 0 Å². The molecule has 0 rings (SSSR count). The average molecular weight is 296 g/mol. The molecule has 0 atom stereocenters. The highest BCUT2D eigenvalue weighted by molar-refractivity contribution is 5.69. The van der Waals surface area contributed by atoms with Crippen molar-refractivity contribution in [1.82, 2.24) is 0 Å². The summed E-state index contributed by atoms with van der Waals surface area (Å²) in [6.45, 7) is 4.11. The maximum atomic E-state index is 11.2. The predicted molar refractivity (Wildman–Crippen MR) is 91.2 cm³/mol. The molecule has 0 aromatic carbocycles. The van der Waals surface area contributed by atoms with E-state index in [0.29, 0.717) is 6.42 Å². The third-order valence-corrected chi connectivity index (χ3v) is 3.82. The molecule has 0 N–H and O–H groups in total. The minimum Gasteiger partial charge on any atom is -0.435 e. The molecule has 0 spiro atoms. The Labute approximate surface area is 132 Å². The van der Waals surface area contributed by atoms with E-state index < -0.39 is 0 Å². The summed E-state index contributed by atoms with van der Waals surface area (Å²) in [6.07, 6.45) is 21.0. The van der Waals surface area contributed by atoms with Crippen molar-refractivity contribution in [3.8, 4) is 0 Å². The third-order valence-electron chi connectivity index (χ3n) is 3.82. The Balaban J connectivity index is 3.07. The van der Waals surface area contributed by atoms with Crippen LogP contribution in [0.4, 0.5) is 0 Å². The number of carbonyl (C=O) groups excluding carboxylic acids is 1. The molecule has 2 nitrogen and oxygen atoms in total. The lowest BCUT2D eigenvalue weighted by Gasteiger charge is -2.03. The second-order valence-corrected chi connectivity index (χ2v) is 5.95. The number of allylic oxidation sites excluding steroid dienone is 1. The molecular weight excluding hydrogens is 260 g/mol. The minimum absolute atomic E-state index is 0.101. The van der Waals surface area contributed by atoms with Crippen LogP contribution in [0.2, 0.25) is 0 Å². The number of ether oxygens (including phenoxy) is 1. The molecule has 0 radical (unpaired) electrons. The van der Waals surface area contributed by atoms with Crippen molar-refractivity contribution in [2.24, 2.45) is 0 Å². The quantitative estimate of drug-likeness (QED) is 0.195. The van der Waals surface area contributed by atoms with Crippen molar-refractivity contribution >= 4 is 5.97 Å². The number of hydrogen-bond donors (Lipinski definition) is 0. The fourth-order valence-electron chi connectivity index (χ4n) is 2.49. The van der Waals surface area contributed by atoms with Crippen LogP contribution < -0.4 is 0 Å². The highest BCUT2D eigenvalue weighted by Crippen LogP contribution is 2.13. The van der Waals surface area contributed by atoms with E-state index in [4.69, 9.17) is 4.74 Å². The lowest BCUT2D eigenvalue weighted by atomic mass is 10.0. The SMILES string of the molecule is C/C=C/OC(=O)CCCCCCCCCCCCCCC. The van der Waals surface area contributed by atoms with Crippen molar-refractivity contribution in [1.29, 1.82) is 0 Å². The molecule has 0 aromatic rings. The van der Waals surface area contributed by atoms with Gasteiger partial charge in [0.1, 0.15) is 0 Å². The Kier molecular flexibility index (Phi) is 16.6. The zero-order valence-corrected chi connectivity index (χ0v) is 14.4. The summed E-state index contributed by atoms with van der Waals surface area (Å²) in [4.78, 5) is 11.2. The van der Waals surface area contributed by atoms with Crippen molar-refractivity contribution in [3.63, 3.8) is 0 Å². The summed E-state index contributed by atoms with van der Waals surface area (Å²) in [5.41, 5.74) is 0. The molecule has 2 heteroatoms. The van der Waals surface area contributed by atoms with E-state index >= 15 is 0 Å². The first-order valence-electron chi connectivity index (χ1n) is 9.12. The van der Waals surface area contributed by atoms with Gasteiger partial charge in [-0.15, -0.1) is 0 Å². The summed E-state index contributed by atoms with van der Waals surface area (Å²) in [5, 5.41) is 0. The van der Waals surface area contributed by atoms with Gasteiger partial charge >= 0.3 is 5.97 Å². The van der Waals surface area contributed by atoms with Crippen molar-refractivity contribution in [2.75, 3.05) is 0 Å². The molecule has 0 bridgehead atoms. The molecule has 0 aromatic heterocycles. The second kappa shape index (κ2) is 17.3. The summed E-state index contributed by atoms with van der Waals surface area (Å²) >= 11 is 0. The number of hydrogen-bond acceptors (Lipinski definition) is 2. The molecule has 0 aliphatic rings. The Morgan fingerprint density at radius 1 is 0.762 bits per heavy atom. The van der Waals surface area contributed by atoms with Gasteiger partial charge in [0.15, 0.2) is 0 Å².